The molecule has 1 saturated heterocycles. The summed E-state index contributed by atoms with van der Waals surface area (Å²) in [5.41, 5.74) is 5.54. The second-order valence-corrected chi connectivity index (χ2v) is 4.56. The van der Waals surface area contributed by atoms with Gasteiger partial charge in [0.05, 0.1) is 17.4 Å². The molecule has 0 aliphatic carbocycles. The molecule has 0 bridgehead atoms. The average molecular weight is 241 g/mol. The summed E-state index contributed by atoms with van der Waals surface area (Å²) >= 11 is 5.78. The lowest BCUT2D eigenvalue weighted by Crippen LogP contribution is -2.31. The maximum absolute atomic E-state index is 5.78. The molecule has 1 aromatic rings. The van der Waals surface area contributed by atoms with E-state index in [2.05, 4.69) is 14.9 Å². The van der Waals surface area contributed by atoms with Crippen LogP contribution >= 0.6 is 11.6 Å². The Balaban J connectivity index is 2.04. The first-order chi connectivity index (χ1) is 7.81. The van der Waals surface area contributed by atoms with Crippen LogP contribution in [0.3, 0.4) is 0 Å². The Hall–Kier alpha value is -0.870. The molecule has 1 aliphatic heterocycles. The number of aromatic nitrogens is 2. The highest BCUT2D eigenvalue weighted by Gasteiger charge is 2.25. The first-order valence-electron chi connectivity index (χ1n) is 5.75. The number of rotatable bonds is 4. The molecule has 0 radical (unpaired) electrons. The molecule has 0 aromatic carbocycles. The quantitative estimate of drug-likeness (QED) is 0.873. The first-order valence-corrected chi connectivity index (χ1v) is 6.13. The van der Waals surface area contributed by atoms with Crippen LogP contribution in [0.15, 0.2) is 12.4 Å². The third kappa shape index (κ3) is 2.62. The Morgan fingerprint density at radius 1 is 1.44 bits per heavy atom. The summed E-state index contributed by atoms with van der Waals surface area (Å²) in [5.74, 6) is 0.795. The Morgan fingerprint density at radius 2 is 2.19 bits per heavy atom. The van der Waals surface area contributed by atoms with E-state index in [0.717, 1.165) is 31.9 Å². The molecule has 5 heteroatoms. The molecule has 0 amide bonds. The van der Waals surface area contributed by atoms with Gasteiger partial charge in [0.25, 0.3) is 0 Å². The van der Waals surface area contributed by atoms with E-state index < -0.39 is 0 Å². The van der Waals surface area contributed by atoms with Crippen molar-refractivity contribution in [3.8, 4) is 0 Å². The number of nitrogens with zero attached hydrogens (tertiary/aromatic N) is 3. The van der Waals surface area contributed by atoms with Crippen LogP contribution in [0.5, 0.6) is 0 Å². The monoisotopic (exact) mass is 240 g/mol. The molecule has 2 N–H and O–H groups in total. The highest BCUT2D eigenvalue weighted by Crippen LogP contribution is 2.25. The molecule has 2 heterocycles. The van der Waals surface area contributed by atoms with Gasteiger partial charge in [-0.2, -0.15) is 0 Å². The lowest BCUT2D eigenvalue weighted by molar-refractivity contribution is 0.578. The number of hydrogen-bond donors (Lipinski definition) is 1. The zero-order chi connectivity index (χ0) is 11.4. The summed E-state index contributed by atoms with van der Waals surface area (Å²) in [6, 6.07) is 0.546. The van der Waals surface area contributed by atoms with Gasteiger partial charge in [0, 0.05) is 12.6 Å². The van der Waals surface area contributed by atoms with Crippen molar-refractivity contribution in [2.24, 2.45) is 5.73 Å². The highest BCUT2D eigenvalue weighted by molar-refractivity contribution is 6.30. The van der Waals surface area contributed by atoms with Gasteiger partial charge in [0.1, 0.15) is 0 Å². The fourth-order valence-electron chi connectivity index (χ4n) is 2.21. The number of nitrogens with two attached hydrogens (primary N) is 1. The minimum Gasteiger partial charge on any atom is -0.338 e. The second kappa shape index (κ2) is 5.46. The third-order valence-corrected chi connectivity index (χ3v) is 3.18. The fourth-order valence-corrected chi connectivity index (χ4v) is 2.30. The van der Waals surface area contributed by atoms with Crippen LogP contribution in [0.4, 0.5) is 5.95 Å². The molecule has 4 nitrogen and oxygen atoms in total. The lowest BCUT2D eigenvalue weighted by Gasteiger charge is -2.24. The molecule has 0 spiro atoms. The van der Waals surface area contributed by atoms with E-state index in [4.69, 9.17) is 17.3 Å². The predicted molar refractivity (Wildman–Crippen MR) is 65.7 cm³/mol. The summed E-state index contributed by atoms with van der Waals surface area (Å²) in [6.45, 7) is 1.79. The molecular weight excluding hydrogens is 224 g/mol. The summed E-state index contributed by atoms with van der Waals surface area (Å²) in [7, 11) is 0. The van der Waals surface area contributed by atoms with Crippen LogP contribution in [0.25, 0.3) is 0 Å². The van der Waals surface area contributed by atoms with E-state index in [1.165, 1.54) is 12.8 Å². The number of hydrogen-bond acceptors (Lipinski definition) is 4. The van der Waals surface area contributed by atoms with E-state index >= 15 is 0 Å². The van der Waals surface area contributed by atoms with Crippen molar-refractivity contribution in [3.05, 3.63) is 17.4 Å². The van der Waals surface area contributed by atoms with Gasteiger partial charge >= 0.3 is 0 Å². The van der Waals surface area contributed by atoms with Gasteiger partial charge in [0.15, 0.2) is 0 Å². The molecule has 2 rings (SSSR count). The van der Waals surface area contributed by atoms with Gasteiger partial charge in [-0.15, -0.1) is 0 Å². The van der Waals surface area contributed by atoms with Crippen molar-refractivity contribution in [1.29, 1.82) is 0 Å². The zero-order valence-electron chi connectivity index (χ0n) is 9.27. The standard InChI is InChI=1S/C11H17ClN4/c12-9-7-14-11(15-8-9)16-6-2-4-10(16)3-1-5-13/h7-8,10H,1-6,13H2. The van der Waals surface area contributed by atoms with Gasteiger partial charge in [-0.05, 0) is 32.2 Å². The van der Waals surface area contributed by atoms with Crippen LogP contribution in [-0.4, -0.2) is 29.1 Å². The van der Waals surface area contributed by atoms with E-state index in [-0.39, 0.29) is 0 Å². The van der Waals surface area contributed by atoms with E-state index in [9.17, 15) is 0 Å². The van der Waals surface area contributed by atoms with Gasteiger partial charge in [-0.1, -0.05) is 11.6 Å². The van der Waals surface area contributed by atoms with Crippen molar-refractivity contribution < 1.29 is 0 Å². The van der Waals surface area contributed by atoms with Crippen LogP contribution in [0.1, 0.15) is 25.7 Å². The Bertz CT molecular complexity index is 327. The Kier molecular flexibility index (Phi) is 3.96. The molecule has 16 heavy (non-hydrogen) atoms. The number of halogens is 1. The van der Waals surface area contributed by atoms with E-state index in [0.29, 0.717) is 11.1 Å². The molecule has 1 unspecified atom stereocenters. The van der Waals surface area contributed by atoms with Crippen molar-refractivity contribution in [3.63, 3.8) is 0 Å². The smallest absolute Gasteiger partial charge is 0.225 e. The molecule has 1 atom stereocenters. The predicted octanol–water partition coefficient (Wildman–Crippen LogP) is 1.84. The Morgan fingerprint density at radius 3 is 2.88 bits per heavy atom. The largest absolute Gasteiger partial charge is 0.338 e. The summed E-state index contributed by atoms with van der Waals surface area (Å²) in [5, 5.41) is 0.585. The molecule has 1 aromatic heterocycles. The Labute approximate surface area is 101 Å². The van der Waals surface area contributed by atoms with Crippen LogP contribution in [0.2, 0.25) is 5.02 Å². The number of anilines is 1. The summed E-state index contributed by atoms with van der Waals surface area (Å²) < 4.78 is 0. The van der Waals surface area contributed by atoms with Crippen molar-refractivity contribution in [2.45, 2.75) is 31.7 Å². The van der Waals surface area contributed by atoms with Crippen LogP contribution in [-0.2, 0) is 0 Å². The molecule has 1 fully saturated rings. The summed E-state index contributed by atoms with van der Waals surface area (Å²) in [6.07, 6.45) is 7.93. The molecular formula is C11H17ClN4. The minimum absolute atomic E-state index is 0.546. The third-order valence-electron chi connectivity index (χ3n) is 2.98. The van der Waals surface area contributed by atoms with Gasteiger partial charge in [-0.3, -0.25) is 0 Å². The van der Waals surface area contributed by atoms with E-state index in [1.54, 1.807) is 12.4 Å². The van der Waals surface area contributed by atoms with Gasteiger partial charge in [0.2, 0.25) is 5.95 Å². The van der Waals surface area contributed by atoms with Crippen molar-refractivity contribution >= 4 is 17.5 Å². The fraction of sp³-hybridized carbons (Fsp3) is 0.636. The molecule has 0 saturated carbocycles. The molecule has 1 aliphatic rings. The van der Waals surface area contributed by atoms with Crippen LogP contribution < -0.4 is 10.6 Å². The maximum atomic E-state index is 5.78. The van der Waals surface area contributed by atoms with Crippen molar-refractivity contribution in [1.82, 2.24) is 9.97 Å². The maximum Gasteiger partial charge on any atom is 0.225 e. The SMILES string of the molecule is NCCCC1CCCN1c1ncc(Cl)cn1. The van der Waals surface area contributed by atoms with E-state index in [1.807, 2.05) is 0 Å². The van der Waals surface area contributed by atoms with Crippen molar-refractivity contribution in [2.75, 3.05) is 18.0 Å². The normalized spacial score (nSPS) is 20.4. The topological polar surface area (TPSA) is 55.0 Å². The summed E-state index contributed by atoms with van der Waals surface area (Å²) in [4.78, 5) is 10.8. The zero-order valence-corrected chi connectivity index (χ0v) is 10.0. The van der Waals surface area contributed by atoms with Crippen LogP contribution in [0, 0.1) is 0 Å². The first kappa shape index (κ1) is 11.6. The molecule has 88 valence electrons. The lowest BCUT2D eigenvalue weighted by atomic mass is 10.1. The minimum atomic E-state index is 0.546. The van der Waals surface area contributed by atoms with Gasteiger partial charge < -0.3 is 10.6 Å². The second-order valence-electron chi connectivity index (χ2n) is 4.12. The van der Waals surface area contributed by atoms with Gasteiger partial charge in [-0.25, -0.2) is 9.97 Å². The highest BCUT2D eigenvalue weighted by atomic mass is 35.5. The average Bonchev–Trinajstić information content (AvgIpc) is 2.75.